The smallest absolute Gasteiger partial charge is 0.271 e. The number of hydrogen-bond donors (Lipinski definition) is 2. The molecule has 3 amide bonds. The maximum absolute atomic E-state index is 12.8. The van der Waals surface area contributed by atoms with Crippen LogP contribution in [0.4, 0.5) is 17.1 Å². The Kier molecular flexibility index (Phi) is 4.99. The van der Waals surface area contributed by atoms with E-state index in [0.717, 1.165) is 11.1 Å². The molecule has 154 valence electrons. The summed E-state index contributed by atoms with van der Waals surface area (Å²) in [6.45, 7) is 5.50. The van der Waals surface area contributed by atoms with E-state index in [1.54, 1.807) is 25.1 Å². The predicted octanol–water partition coefficient (Wildman–Crippen LogP) is 3.14. The number of ether oxygens (including phenoxy) is 1. The Labute approximate surface area is 173 Å². The number of anilines is 3. The van der Waals surface area contributed by atoms with Crippen molar-refractivity contribution in [2.75, 3.05) is 15.6 Å². The molecule has 4 rings (SSSR count). The third-order valence-corrected chi connectivity index (χ3v) is 5.06. The lowest BCUT2D eigenvalue weighted by Gasteiger charge is -2.25. The van der Waals surface area contributed by atoms with Gasteiger partial charge >= 0.3 is 0 Å². The van der Waals surface area contributed by atoms with Gasteiger partial charge in [0.1, 0.15) is 11.5 Å². The zero-order valence-electron chi connectivity index (χ0n) is 17.0. The number of nitrogens with zero attached hydrogens (tertiary/aromatic N) is 2. The van der Waals surface area contributed by atoms with Gasteiger partial charge in [0.05, 0.1) is 11.4 Å². The molecule has 0 saturated carbocycles. The molecule has 2 heterocycles. The topological polar surface area (TPSA) is 100 Å². The average Bonchev–Trinajstić information content (AvgIpc) is 2.71. The zero-order valence-corrected chi connectivity index (χ0v) is 17.0. The first-order chi connectivity index (χ1) is 14.3. The highest BCUT2D eigenvalue weighted by atomic mass is 16.5. The van der Waals surface area contributed by atoms with E-state index >= 15 is 0 Å². The lowest BCUT2D eigenvalue weighted by molar-refractivity contribution is -0.122. The average molecular weight is 406 g/mol. The van der Waals surface area contributed by atoms with Crippen LogP contribution in [0.2, 0.25) is 0 Å². The number of rotatable bonds is 3. The summed E-state index contributed by atoms with van der Waals surface area (Å²) in [6.07, 6.45) is -0.108. The second kappa shape index (κ2) is 7.62. The van der Waals surface area contributed by atoms with Gasteiger partial charge in [0.25, 0.3) is 11.8 Å². The molecular weight excluding hydrogens is 384 g/mol. The first-order valence-electron chi connectivity index (χ1n) is 9.72. The number of hydrogen-bond acceptors (Lipinski definition) is 5. The number of benzene rings is 2. The Morgan fingerprint density at radius 3 is 2.77 bits per heavy atom. The summed E-state index contributed by atoms with van der Waals surface area (Å²) in [5, 5.41) is 11.2. The molecule has 0 aromatic heterocycles. The maximum Gasteiger partial charge on any atom is 0.271 e. The summed E-state index contributed by atoms with van der Waals surface area (Å²) >= 11 is 0. The molecule has 8 nitrogen and oxygen atoms in total. The Balaban J connectivity index is 1.56. The van der Waals surface area contributed by atoms with Gasteiger partial charge in [-0.05, 0) is 56.2 Å². The molecule has 0 fully saturated rings. The van der Waals surface area contributed by atoms with Crippen molar-refractivity contribution in [3.05, 3.63) is 47.5 Å². The Bertz CT molecular complexity index is 1090. The fourth-order valence-electron chi connectivity index (χ4n) is 3.34. The van der Waals surface area contributed by atoms with E-state index in [1.807, 2.05) is 32.0 Å². The van der Waals surface area contributed by atoms with Crippen LogP contribution in [0.25, 0.3) is 0 Å². The quantitative estimate of drug-likeness (QED) is 0.818. The summed E-state index contributed by atoms with van der Waals surface area (Å²) < 4.78 is 5.52. The molecule has 2 aromatic carbocycles. The minimum atomic E-state index is -0.567. The molecule has 1 unspecified atom stereocenters. The molecular formula is C22H22N4O4. The van der Waals surface area contributed by atoms with Crippen molar-refractivity contribution < 1.29 is 19.1 Å². The van der Waals surface area contributed by atoms with Crippen LogP contribution < -0.4 is 20.4 Å². The molecule has 8 heteroatoms. The number of hydrazone groups is 1. The first kappa shape index (κ1) is 19.6. The van der Waals surface area contributed by atoms with E-state index in [4.69, 9.17) is 4.74 Å². The van der Waals surface area contributed by atoms with Gasteiger partial charge in [-0.15, -0.1) is 0 Å². The summed E-state index contributed by atoms with van der Waals surface area (Å²) in [4.78, 5) is 37.0. The van der Waals surface area contributed by atoms with Gasteiger partial charge in [0.15, 0.2) is 6.10 Å². The van der Waals surface area contributed by atoms with Gasteiger partial charge in [0, 0.05) is 18.5 Å². The van der Waals surface area contributed by atoms with Crippen LogP contribution in [-0.4, -0.2) is 29.5 Å². The third-order valence-electron chi connectivity index (χ3n) is 5.06. The SMILES string of the molecule is Cc1ccc(C)c(N2N=C(C(=O)Nc3ccc4c(c3)NC(=O)C(C)O4)CCC2=O)c1. The fourth-order valence-corrected chi connectivity index (χ4v) is 3.34. The minimum Gasteiger partial charge on any atom is -0.479 e. The normalized spacial score (nSPS) is 18.2. The Hall–Kier alpha value is -3.68. The maximum atomic E-state index is 12.8. The molecule has 2 N–H and O–H groups in total. The van der Waals surface area contributed by atoms with Gasteiger partial charge < -0.3 is 15.4 Å². The van der Waals surface area contributed by atoms with Crippen LogP contribution in [0, 0.1) is 13.8 Å². The number of aryl methyl sites for hydroxylation is 2. The lowest BCUT2D eigenvalue weighted by atomic mass is 10.1. The van der Waals surface area contributed by atoms with Crippen molar-refractivity contribution in [1.29, 1.82) is 0 Å². The van der Waals surface area contributed by atoms with E-state index in [1.165, 1.54) is 5.01 Å². The number of amides is 3. The molecule has 0 bridgehead atoms. The van der Waals surface area contributed by atoms with Crippen LogP contribution in [0.15, 0.2) is 41.5 Å². The minimum absolute atomic E-state index is 0.150. The van der Waals surface area contributed by atoms with Gasteiger partial charge in [-0.1, -0.05) is 12.1 Å². The van der Waals surface area contributed by atoms with Gasteiger partial charge in [-0.3, -0.25) is 14.4 Å². The van der Waals surface area contributed by atoms with Gasteiger partial charge in [-0.2, -0.15) is 5.10 Å². The van der Waals surface area contributed by atoms with Crippen molar-refractivity contribution in [2.45, 2.75) is 39.7 Å². The lowest BCUT2D eigenvalue weighted by Crippen LogP contribution is -2.37. The molecule has 0 spiro atoms. The number of fused-ring (bicyclic) bond motifs is 1. The van der Waals surface area contributed by atoms with Crippen LogP contribution in [-0.2, 0) is 14.4 Å². The standard InChI is InChI=1S/C22H22N4O4/c1-12-4-5-13(2)18(10-12)26-20(27)9-7-16(25-26)22(29)23-15-6-8-19-17(11-15)24-21(28)14(3)30-19/h4-6,8,10-11,14H,7,9H2,1-3H3,(H,23,29)(H,24,28). The van der Waals surface area contributed by atoms with E-state index in [2.05, 4.69) is 15.7 Å². The van der Waals surface area contributed by atoms with Crippen LogP contribution in [0.5, 0.6) is 5.75 Å². The van der Waals surface area contributed by atoms with Crippen molar-refractivity contribution in [1.82, 2.24) is 0 Å². The van der Waals surface area contributed by atoms with Gasteiger partial charge in [-0.25, -0.2) is 5.01 Å². The summed E-state index contributed by atoms with van der Waals surface area (Å²) in [5.74, 6) is -0.246. The summed E-state index contributed by atoms with van der Waals surface area (Å²) in [6, 6.07) is 10.8. The van der Waals surface area contributed by atoms with Gasteiger partial charge in [0.2, 0.25) is 5.91 Å². The predicted molar refractivity (Wildman–Crippen MR) is 114 cm³/mol. The summed E-state index contributed by atoms with van der Waals surface area (Å²) in [7, 11) is 0. The Morgan fingerprint density at radius 1 is 1.17 bits per heavy atom. The first-order valence-corrected chi connectivity index (χ1v) is 9.72. The number of nitrogens with one attached hydrogen (secondary N) is 2. The number of carbonyl (C=O) groups is 3. The van der Waals surface area contributed by atoms with Crippen molar-refractivity contribution in [3.63, 3.8) is 0 Å². The highest BCUT2D eigenvalue weighted by Crippen LogP contribution is 2.32. The largest absolute Gasteiger partial charge is 0.479 e. The van der Waals surface area contributed by atoms with Crippen molar-refractivity contribution in [3.8, 4) is 5.75 Å². The van der Waals surface area contributed by atoms with Crippen LogP contribution in [0.1, 0.15) is 30.9 Å². The molecule has 1 atom stereocenters. The number of carbonyl (C=O) groups excluding carboxylic acids is 3. The molecule has 0 radical (unpaired) electrons. The van der Waals surface area contributed by atoms with E-state index in [0.29, 0.717) is 22.8 Å². The third kappa shape index (κ3) is 3.76. The zero-order chi connectivity index (χ0) is 21.4. The van der Waals surface area contributed by atoms with E-state index in [9.17, 15) is 14.4 Å². The van der Waals surface area contributed by atoms with Crippen molar-refractivity contribution in [2.24, 2.45) is 5.10 Å². The monoisotopic (exact) mass is 406 g/mol. The molecule has 30 heavy (non-hydrogen) atoms. The second-order valence-corrected chi connectivity index (χ2v) is 7.46. The molecule has 0 aliphatic carbocycles. The fraction of sp³-hybridized carbons (Fsp3) is 0.273. The Morgan fingerprint density at radius 2 is 1.97 bits per heavy atom. The van der Waals surface area contributed by atoms with E-state index < -0.39 is 12.0 Å². The molecule has 2 aliphatic rings. The van der Waals surface area contributed by atoms with Crippen LogP contribution in [0.3, 0.4) is 0 Å². The molecule has 2 aromatic rings. The molecule has 2 aliphatic heterocycles. The van der Waals surface area contributed by atoms with E-state index in [-0.39, 0.29) is 30.4 Å². The highest BCUT2D eigenvalue weighted by molar-refractivity contribution is 6.44. The summed E-state index contributed by atoms with van der Waals surface area (Å²) in [5.41, 5.74) is 3.83. The second-order valence-electron chi connectivity index (χ2n) is 7.46. The van der Waals surface area contributed by atoms with Crippen molar-refractivity contribution >= 4 is 40.5 Å². The molecule has 0 saturated heterocycles. The van der Waals surface area contributed by atoms with Crippen LogP contribution >= 0.6 is 0 Å². The highest BCUT2D eigenvalue weighted by Gasteiger charge is 2.27.